The Kier molecular flexibility index (Phi) is 2.65. The van der Waals surface area contributed by atoms with Crippen molar-refractivity contribution < 1.29 is 4.74 Å². The Morgan fingerprint density at radius 1 is 1.55 bits per heavy atom. The molecule has 0 fully saturated rings. The molecule has 0 heterocycles. The zero-order valence-electron chi connectivity index (χ0n) is 6.37. The van der Waals surface area contributed by atoms with Crippen molar-refractivity contribution in [3.8, 4) is 5.75 Å². The van der Waals surface area contributed by atoms with E-state index in [0.29, 0.717) is 5.75 Å². The maximum atomic E-state index is 5.68. The molecule has 0 aliphatic heterocycles. The number of nitrogens with two attached hydrogens (primary N) is 1. The normalized spacial score (nSPS) is 9.64. The zero-order valence-corrected chi connectivity index (χ0v) is 7.27. The predicted molar refractivity (Wildman–Crippen MR) is 50.1 cm³/mol. The van der Waals surface area contributed by atoms with Crippen molar-refractivity contribution in [3.63, 3.8) is 0 Å². The molecule has 11 heavy (non-hydrogen) atoms. The van der Waals surface area contributed by atoms with Crippen molar-refractivity contribution in [2.24, 2.45) is 0 Å². The summed E-state index contributed by atoms with van der Waals surface area (Å²) < 4.78 is 4.99. The number of hydrogen-bond acceptors (Lipinski definition) is 3. The number of anilines is 1. The summed E-state index contributed by atoms with van der Waals surface area (Å²) in [6, 6.07) is 5.59. The molecule has 0 aliphatic carbocycles. The van der Waals surface area contributed by atoms with Crippen LogP contribution in [0, 0.1) is 0 Å². The van der Waals surface area contributed by atoms with Crippen molar-refractivity contribution in [1.82, 2.24) is 0 Å². The average molecular weight is 169 g/mol. The van der Waals surface area contributed by atoms with Gasteiger partial charge in [0.15, 0.2) is 0 Å². The highest BCUT2D eigenvalue weighted by molar-refractivity contribution is 7.79. The van der Waals surface area contributed by atoms with Gasteiger partial charge in [-0.15, -0.1) is 0 Å². The minimum absolute atomic E-state index is 0.663. The van der Waals surface area contributed by atoms with Crippen LogP contribution in [0.2, 0.25) is 0 Å². The second-order valence-electron chi connectivity index (χ2n) is 2.22. The van der Waals surface area contributed by atoms with E-state index < -0.39 is 0 Å². The van der Waals surface area contributed by atoms with Gasteiger partial charge < -0.3 is 10.5 Å². The fourth-order valence-electron chi connectivity index (χ4n) is 0.844. The predicted octanol–water partition coefficient (Wildman–Crippen LogP) is 1.71. The van der Waals surface area contributed by atoms with Crippen LogP contribution in [0.3, 0.4) is 0 Å². The zero-order chi connectivity index (χ0) is 8.27. The molecule has 2 nitrogen and oxygen atoms in total. The molecule has 2 N–H and O–H groups in total. The Morgan fingerprint density at radius 3 is 2.73 bits per heavy atom. The molecule has 3 heteroatoms. The minimum Gasteiger partial charge on any atom is -0.497 e. The van der Waals surface area contributed by atoms with Crippen LogP contribution in [-0.2, 0) is 5.75 Å². The summed E-state index contributed by atoms with van der Waals surface area (Å²) in [6.45, 7) is 0. The van der Waals surface area contributed by atoms with Gasteiger partial charge in [0.2, 0.25) is 0 Å². The Bertz CT molecular complexity index is 250. The van der Waals surface area contributed by atoms with Gasteiger partial charge in [-0.3, -0.25) is 0 Å². The van der Waals surface area contributed by atoms with E-state index in [1.165, 1.54) is 0 Å². The summed E-state index contributed by atoms with van der Waals surface area (Å²) in [6.07, 6.45) is 0. The van der Waals surface area contributed by atoms with Gasteiger partial charge in [0.05, 0.1) is 7.11 Å². The largest absolute Gasteiger partial charge is 0.497 e. The van der Waals surface area contributed by atoms with Gasteiger partial charge in [-0.25, -0.2) is 0 Å². The fourth-order valence-corrected chi connectivity index (χ4v) is 1.13. The van der Waals surface area contributed by atoms with Crippen LogP contribution >= 0.6 is 12.6 Å². The topological polar surface area (TPSA) is 35.2 Å². The molecule has 0 radical (unpaired) electrons. The number of methoxy groups -OCH3 is 1. The number of benzene rings is 1. The first-order valence-electron chi connectivity index (χ1n) is 3.31. The first kappa shape index (κ1) is 8.27. The van der Waals surface area contributed by atoms with Gasteiger partial charge in [0, 0.05) is 17.5 Å². The van der Waals surface area contributed by atoms with E-state index in [0.717, 1.165) is 17.0 Å². The molecule has 0 saturated carbocycles. The molecule has 0 amide bonds. The van der Waals surface area contributed by atoms with Crippen molar-refractivity contribution in [2.75, 3.05) is 12.8 Å². The summed E-state index contributed by atoms with van der Waals surface area (Å²) >= 11 is 4.12. The van der Waals surface area contributed by atoms with E-state index in [1.54, 1.807) is 13.2 Å². The molecule has 1 rings (SSSR count). The third-order valence-electron chi connectivity index (χ3n) is 1.52. The first-order chi connectivity index (χ1) is 5.27. The van der Waals surface area contributed by atoms with E-state index in [2.05, 4.69) is 12.6 Å². The van der Waals surface area contributed by atoms with Crippen molar-refractivity contribution in [2.45, 2.75) is 5.75 Å². The standard InChI is InChI=1S/C8H11NOS/c1-10-7-3-2-6(5-11)8(9)4-7/h2-4,11H,5,9H2,1H3. The molecule has 0 bridgehead atoms. The van der Waals surface area contributed by atoms with Crippen molar-refractivity contribution in [1.29, 1.82) is 0 Å². The number of hydrogen-bond donors (Lipinski definition) is 2. The average Bonchev–Trinajstić information content (AvgIpc) is 2.04. The highest BCUT2D eigenvalue weighted by Crippen LogP contribution is 2.20. The highest BCUT2D eigenvalue weighted by Gasteiger charge is 1.97. The van der Waals surface area contributed by atoms with Crippen molar-refractivity contribution in [3.05, 3.63) is 23.8 Å². The molecule has 1 aromatic rings. The summed E-state index contributed by atoms with van der Waals surface area (Å²) in [5, 5.41) is 0. The summed E-state index contributed by atoms with van der Waals surface area (Å²) in [5.74, 6) is 1.45. The van der Waals surface area contributed by atoms with E-state index in [4.69, 9.17) is 10.5 Å². The fraction of sp³-hybridized carbons (Fsp3) is 0.250. The van der Waals surface area contributed by atoms with E-state index in [9.17, 15) is 0 Å². The first-order valence-corrected chi connectivity index (χ1v) is 3.94. The van der Waals surface area contributed by atoms with Gasteiger partial charge in [0.1, 0.15) is 5.75 Å². The molecule has 0 aliphatic rings. The van der Waals surface area contributed by atoms with E-state index >= 15 is 0 Å². The number of ether oxygens (including phenoxy) is 1. The van der Waals surface area contributed by atoms with Crippen molar-refractivity contribution >= 4 is 18.3 Å². The van der Waals surface area contributed by atoms with Gasteiger partial charge in [0.25, 0.3) is 0 Å². The highest BCUT2D eigenvalue weighted by atomic mass is 32.1. The quantitative estimate of drug-likeness (QED) is 0.522. The Labute approximate surface area is 71.8 Å². The summed E-state index contributed by atoms with van der Waals surface area (Å²) in [4.78, 5) is 0. The van der Waals surface area contributed by atoms with E-state index in [-0.39, 0.29) is 0 Å². The van der Waals surface area contributed by atoms with Crippen LogP contribution in [0.25, 0.3) is 0 Å². The van der Waals surface area contributed by atoms with Gasteiger partial charge in [-0.2, -0.15) is 12.6 Å². The Hall–Kier alpha value is -0.830. The third kappa shape index (κ3) is 1.80. The summed E-state index contributed by atoms with van der Waals surface area (Å²) in [7, 11) is 1.62. The lowest BCUT2D eigenvalue weighted by atomic mass is 10.2. The maximum absolute atomic E-state index is 5.68. The smallest absolute Gasteiger partial charge is 0.120 e. The number of rotatable bonds is 2. The minimum atomic E-state index is 0.663. The Morgan fingerprint density at radius 2 is 2.27 bits per heavy atom. The molecule has 0 aromatic heterocycles. The van der Waals surface area contributed by atoms with Crippen LogP contribution in [0.1, 0.15) is 5.56 Å². The maximum Gasteiger partial charge on any atom is 0.120 e. The lowest BCUT2D eigenvalue weighted by Crippen LogP contribution is -1.92. The molecular formula is C8H11NOS. The lowest BCUT2D eigenvalue weighted by Gasteiger charge is -2.04. The third-order valence-corrected chi connectivity index (χ3v) is 1.86. The molecule has 0 unspecified atom stereocenters. The van der Waals surface area contributed by atoms with Gasteiger partial charge in [-0.05, 0) is 11.6 Å². The molecular weight excluding hydrogens is 158 g/mol. The monoisotopic (exact) mass is 169 g/mol. The second-order valence-corrected chi connectivity index (χ2v) is 2.54. The second kappa shape index (κ2) is 3.53. The number of thiol groups is 1. The van der Waals surface area contributed by atoms with E-state index in [1.807, 2.05) is 12.1 Å². The molecule has 0 atom stereocenters. The van der Waals surface area contributed by atoms with Crippen LogP contribution in [0.15, 0.2) is 18.2 Å². The molecule has 0 saturated heterocycles. The number of nitrogen functional groups attached to an aromatic ring is 1. The van der Waals surface area contributed by atoms with Crippen LogP contribution in [0.5, 0.6) is 5.75 Å². The molecule has 1 aromatic carbocycles. The lowest BCUT2D eigenvalue weighted by molar-refractivity contribution is 0.415. The Balaban J connectivity index is 2.99. The summed E-state index contributed by atoms with van der Waals surface area (Å²) in [5.41, 5.74) is 7.45. The van der Waals surface area contributed by atoms with Gasteiger partial charge in [-0.1, -0.05) is 6.07 Å². The molecule has 60 valence electrons. The molecule has 0 spiro atoms. The van der Waals surface area contributed by atoms with Crippen LogP contribution in [0.4, 0.5) is 5.69 Å². The van der Waals surface area contributed by atoms with Crippen LogP contribution < -0.4 is 10.5 Å². The SMILES string of the molecule is COc1ccc(CS)c(N)c1. The van der Waals surface area contributed by atoms with Crippen LogP contribution in [-0.4, -0.2) is 7.11 Å². The van der Waals surface area contributed by atoms with Gasteiger partial charge >= 0.3 is 0 Å².